The number of halogens is 6. The third kappa shape index (κ3) is 8.79. The second kappa shape index (κ2) is 12.6. The highest BCUT2D eigenvalue weighted by Gasteiger charge is 2.37. The number of alkyl halides is 6. The summed E-state index contributed by atoms with van der Waals surface area (Å²) in [5.41, 5.74) is 2.02. The molecule has 3 rings (SSSR count). The Morgan fingerprint density at radius 1 is 0.949 bits per heavy atom. The van der Waals surface area contributed by atoms with Gasteiger partial charge in [0.05, 0.1) is 11.1 Å². The first kappa shape index (κ1) is 30.1. The summed E-state index contributed by atoms with van der Waals surface area (Å²) in [6.07, 6.45) is -2.97. The van der Waals surface area contributed by atoms with Crippen molar-refractivity contribution in [3.63, 3.8) is 0 Å². The Bertz CT molecular complexity index is 1230. The minimum atomic E-state index is -4.98. The summed E-state index contributed by atoms with van der Waals surface area (Å²) in [6.45, 7) is 0.487. The minimum Gasteiger partial charge on any atom is -0.353 e. The Balaban J connectivity index is 1.69. The van der Waals surface area contributed by atoms with E-state index in [2.05, 4.69) is 11.1 Å². The van der Waals surface area contributed by atoms with Gasteiger partial charge >= 0.3 is 12.4 Å². The van der Waals surface area contributed by atoms with Crippen molar-refractivity contribution in [1.29, 1.82) is 0 Å². The van der Waals surface area contributed by atoms with Gasteiger partial charge in [0.15, 0.2) is 12.0 Å². The zero-order chi connectivity index (χ0) is 28.8. The van der Waals surface area contributed by atoms with E-state index in [0.717, 1.165) is 25.3 Å². The fourth-order valence-electron chi connectivity index (χ4n) is 4.23. The van der Waals surface area contributed by atoms with E-state index >= 15 is 0 Å². The molecule has 0 unspecified atom stereocenters. The molecule has 210 valence electrons. The van der Waals surface area contributed by atoms with Crippen LogP contribution < -0.4 is 11.1 Å². The van der Waals surface area contributed by atoms with Crippen LogP contribution >= 0.6 is 0 Å². The molecule has 1 aliphatic rings. The Kier molecular flexibility index (Phi) is 9.73. The first-order valence-corrected chi connectivity index (χ1v) is 12.4. The van der Waals surface area contributed by atoms with Gasteiger partial charge in [-0.25, -0.2) is 0 Å². The van der Waals surface area contributed by atoms with Gasteiger partial charge in [-0.1, -0.05) is 24.6 Å². The molecule has 0 fully saturated rings. The molecule has 0 saturated heterocycles. The molecular weight excluding hydrogens is 526 g/mol. The van der Waals surface area contributed by atoms with E-state index in [0.29, 0.717) is 48.2 Å². The molecule has 2 aromatic rings. The number of fused-ring (bicyclic) bond motifs is 1. The number of aliphatic hydroxyl groups excluding tert-OH is 1. The molecule has 0 spiro atoms. The third-order valence-corrected chi connectivity index (χ3v) is 6.22. The van der Waals surface area contributed by atoms with Gasteiger partial charge in [0, 0.05) is 30.2 Å². The summed E-state index contributed by atoms with van der Waals surface area (Å²) in [7, 11) is 0. The van der Waals surface area contributed by atoms with E-state index in [1.807, 2.05) is 0 Å². The number of aliphatic hydroxyl groups is 1. The number of carbonyl (C=O) groups is 2. The predicted molar refractivity (Wildman–Crippen MR) is 133 cm³/mol. The maximum Gasteiger partial charge on any atom is 0.416 e. The number of Topliss-reactive ketones (excluding diaryl/α,β-unsaturated/α-hetero) is 1. The van der Waals surface area contributed by atoms with Crippen molar-refractivity contribution >= 4 is 23.8 Å². The highest BCUT2D eigenvalue weighted by molar-refractivity contribution is 6.13. The van der Waals surface area contributed by atoms with Crippen LogP contribution in [-0.2, 0) is 23.6 Å². The van der Waals surface area contributed by atoms with Gasteiger partial charge in [-0.3, -0.25) is 9.59 Å². The molecule has 0 bridgehead atoms. The SMILES string of the molecule is [NH3+][C@@H](O)CCCCCNC(=O)/C=C/c1ccc2c(c1)CC/C(=C\c1cc(C(F)(F)F)cc(C(F)(F)F)c1)C2=O. The number of amides is 1. The molecular formula is C28H29F6N2O3+. The van der Waals surface area contributed by atoms with Crippen LogP contribution in [0, 0.1) is 0 Å². The van der Waals surface area contributed by atoms with E-state index in [9.17, 15) is 35.9 Å². The molecule has 1 amide bonds. The van der Waals surface area contributed by atoms with Gasteiger partial charge in [0.1, 0.15) is 0 Å². The first-order valence-electron chi connectivity index (χ1n) is 12.4. The van der Waals surface area contributed by atoms with Gasteiger partial charge in [-0.05, 0) is 72.7 Å². The second-order valence-electron chi connectivity index (χ2n) is 9.38. The molecule has 0 heterocycles. The van der Waals surface area contributed by atoms with Crippen LogP contribution in [0.25, 0.3) is 12.2 Å². The monoisotopic (exact) mass is 555 g/mol. The van der Waals surface area contributed by atoms with E-state index in [4.69, 9.17) is 5.11 Å². The van der Waals surface area contributed by atoms with E-state index in [-0.39, 0.29) is 29.5 Å². The van der Waals surface area contributed by atoms with Crippen LogP contribution in [0.15, 0.2) is 48.0 Å². The molecule has 1 aliphatic carbocycles. The average molecular weight is 556 g/mol. The lowest BCUT2D eigenvalue weighted by Crippen LogP contribution is -2.60. The van der Waals surface area contributed by atoms with Gasteiger partial charge < -0.3 is 16.2 Å². The molecule has 11 heteroatoms. The highest BCUT2D eigenvalue weighted by Crippen LogP contribution is 2.37. The van der Waals surface area contributed by atoms with Crippen LogP contribution in [0.1, 0.15) is 70.3 Å². The molecule has 0 radical (unpaired) electrons. The Hall–Kier alpha value is -3.44. The Labute approximate surface area is 221 Å². The minimum absolute atomic E-state index is 0.0485. The fourth-order valence-corrected chi connectivity index (χ4v) is 4.23. The van der Waals surface area contributed by atoms with Crippen LogP contribution in [0.3, 0.4) is 0 Å². The molecule has 5 nitrogen and oxygen atoms in total. The number of hydrogen-bond donors (Lipinski definition) is 3. The van der Waals surface area contributed by atoms with E-state index < -0.39 is 35.5 Å². The lowest BCUT2D eigenvalue weighted by atomic mass is 9.85. The number of ketones is 1. The number of rotatable bonds is 9. The molecule has 1 atom stereocenters. The van der Waals surface area contributed by atoms with Crippen molar-refractivity contribution in [2.45, 2.75) is 57.1 Å². The molecule has 5 N–H and O–H groups in total. The van der Waals surface area contributed by atoms with Crippen molar-refractivity contribution in [2.24, 2.45) is 0 Å². The zero-order valence-corrected chi connectivity index (χ0v) is 21.0. The van der Waals surface area contributed by atoms with Gasteiger partial charge in [0.25, 0.3) is 0 Å². The van der Waals surface area contributed by atoms with E-state index in [1.54, 1.807) is 18.2 Å². The summed E-state index contributed by atoms with van der Waals surface area (Å²) in [5, 5.41) is 11.9. The fraction of sp³-hybridized carbons (Fsp3) is 0.357. The Morgan fingerprint density at radius 2 is 1.62 bits per heavy atom. The largest absolute Gasteiger partial charge is 0.416 e. The number of hydrogen-bond acceptors (Lipinski definition) is 3. The molecule has 2 aromatic carbocycles. The van der Waals surface area contributed by atoms with E-state index in [1.165, 1.54) is 12.1 Å². The lowest BCUT2D eigenvalue weighted by molar-refractivity contribution is -0.483. The maximum atomic E-state index is 13.2. The summed E-state index contributed by atoms with van der Waals surface area (Å²) in [5.74, 6) is -0.757. The van der Waals surface area contributed by atoms with Crippen molar-refractivity contribution in [1.82, 2.24) is 5.32 Å². The summed E-state index contributed by atoms with van der Waals surface area (Å²) < 4.78 is 79.0. The number of quaternary nitrogens is 1. The van der Waals surface area contributed by atoms with Crippen molar-refractivity contribution in [3.8, 4) is 0 Å². The normalized spacial score (nSPS) is 16.0. The third-order valence-electron chi connectivity index (χ3n) is 6.22. The van der Waals surface area contributed by atoms with Crippen molar-refractivity contribution in [2.75, 3.05) is 6.54 Å². The standard InChI is InChI=1S/C28H28F6N2O3/c29-27(30,31)21-14-18(15-22(16-21)28(32,33)34)13-20-8-7-19-12-17(5-9-23(19)26(20)39)6-10-25(38)36-11-3-1-2-4-24(35)37/h5-6,9-10,12-16,24,37H,1-4,7-8,11,35H2,(H,36,38)/p+1/b10-6+,20-13+/t24-/m0/s1. The summed E-state index contributed by atoms with van der Waals surface area (Å²) in [4.78, 5) is 25.0. The average Bonchev–Trinajstić information content (AvgIpc) is 2.85. The number of unbranched alkanes of at least 4 members (excludes halogenated alkanes) is 2. The second-order valence-corrected chi connectivity index (χ2v) is 9.38. The van der Waals surface area contributed by atoms with Crippen LogP contribution in [-0.4, -0.2) is 29.6 Å². The smallest absolute Gasteiger partial charge is 0.353 e. The van der Waals surface area contributed by atoms with Crippen molar-refractivity contribution in [3.05, 3.63) is 81.4 Å². The Morgan fingerprint density at radius 3 is 2.23 bits per heavy atom. The first-order chi connectivity index (χ1) is 18.2. The molecule has 39 heavy (non-hydrogen) atoms. The number of allylic oxidation sites excluding steroid dienone is 1. The van der Waals surface area contributed by atoms with Gasteiger partial charge in [0.2, 0.25) is 5.91 Å². The highest BCUT2D eigenvalue weighted by atomic mass is 19.4. The number of nitrogens with one attached hydrogen (secondary N) is 1. The topological polar surface area (TPSA) is 94.0 Å². The quantitative estimate of drug-likeness (QED) is 0.172. The summed E-state index contributed by atoms with van der Waals surface area (Å²) >= 11 is 0. The van der Waals surface area contributed by atoms with Crippen LogP contribution in [0.2, 0.25) is 0 Å². The molecule has 0 aromatic heterocycles. The molecule has 0 saturated carbocycles. The van der Waals surface area contributed by atoms with Crippen LogP contribution in [0.5, 0.6) is 0 Å². The number of benzene rings is 2. The van der Waals surface area contributed by atoms with Crippen molar-refractivity contribution < 1.29 is 46.8 Å². The summed E-state index contributed by atoms with van der Waals surface area (Å²) in [6, 6.07) is 6.11. The predicted octanol–water partition coefficient (Wildman–Crippen LogP) is 5.19. The number of carbonyl (C=O) groups excluding carboxylic acids is 2. The zero-order valence-electron chi connectivity index (χ0n) is 21.0. The van der Waals surface area contributed by atoms with Gasteiger partial charge in [-0.15, -0.1) is 0 Å². The van der Waals surface area contributed by atoms with Gasteiger partial charge in [-0.2, -0.15) is 26.3 Å². The maximum absolute atomic E-state index is 13.2. The lowest BCUT2D eigenvalue weighted by Gasteiger charge is -2.19. The number of aryl methyl sites for hydroxylation is 1. The van der Waals surface area contributed by atoms with Crippen LogP contribution in [0.4, 0.5) is 26.3 Å². The molecule has 0 aliphatic heterocycles.